The zero-order valence-electron chi connectivity index (χ0n) is 11.9. The Bertz CT molecular complexity index is 524. The molecule has 0 unspecified atom stereocenters. The van der Waals surface area contributed by atoms with Crippen molar-refractivity contribution in [1.82, 2.24) is 9.71 Å². The van der Waals surface area contributed by atoms with Crippen molar-refractivity contribution in [3.05, 3.63) is 23.9 Å². The van der Waals surface area contributed by atoms with Gasteiger partial charge >= 0.3 is 0 Å². The molecule has 0 saturated heterocycles. The molecule has 1 N–H and O–H groups in total. The van der Waals surface area contributed by atoms with E-state index in [1.54, 1.807) is 12.3 Å². The van der Waals surface area contributed by atoms with Gasteiger partial charge in [0, 0.05) is 5.54 Å². The molecule has 0 fully saturated rings. The number of hydrogen-bond donors (Lipinski definition) is 1. The van der Waals surface area contributed by atoms with Gasteiger partial charge in [0.25, 0.3) is 0 Å². The summed E-state index contributed by atoms with van der Waals surface area (Å²) in [6, 6.07) is 0. The van der Waals surface area contributed by atoms with Crippen molar-refractivity contribution in [3.63, 3.8) is 0 Å². The smallest absolute Gasteiger partial charge is 0.218 e. The van der Waals surface area contributed by atoms with Crippen molar-refractivity contribution in [2.24, 2.45) is 0 Å². The van der Waals surface area contributed by atoms with Crippen molar-refractivity contribution >= 4 is 16.1 Å². The molecule has 5 nitrogen and oxygen atoms in total. The molecule has 0 aliphatic carbocycles. The number of rotatable bonds is 6. The Morgan fingerprint density at radius 1 is 1.42 bits per heavy atom. The third-order valence-corrected chi connectivity index (χ3v) is 3.89. The van der Waals surface area contributed by atoms with Crippen molar-refractivity contribution in [2.45, 2.75) is 46.1 Å². The van der Waals surface area contributed by atoms with Crippen LogP contribution in [0.4, 0.5) is 0 Å². The van der Waals surface area contributed by atoms with Gasteiger partial charge in [-0.1, -0.05) is 6.08 Å². The first-order chi connectivity index (χ1) is 8.68. The lowest BCUT2D eigenvalue weighted by atomic mass is 10.1. The highest BCUT2D eigenvalue weighted by Crippen LogP contribution is 2.07. The summed E-state index contributed by atoms with van der Waals surface area (Å²) >= 11 is 0. The Hall–Kier alpha value is -1.14. The van der Waals surface area contributed by atoms with Crippen LogP contribution in [0.5, 0.6) is 0 Å². The van der Waals surface area contributed by atoms with Gasteiger partial charge in [-0.05, 0) is 46.6 Å². The highest BCUT2D eigenvalue weighted by atomic mass is 32.2. The van der Waals surface area contributed by atoms with E-state index >= 15 is 0 Å². The Kier molecular flexibility index (Phi) is 5.31. The number of unbranched alkanes of at least 4 members (excludes halogenated alkanes) is 1. The summed E-state index contributed by atoms with van der Waals surface area (Å²) in [6.07, 6.45) is 6.53. The lowest BCUT2D eigenvalue weighted by molar-refractivity contribution is 0.490. The van der Waals surface area contributed by atoms with E-state index in [2.05, 4.69) is 9.71 Å². The fourth-order valence-corrected chi connectivity index (χ4v) is 3.12. The number of aromatic nitrogens is 1. The summed E-state index contributed by atoms with van der Waals surface area (Å²) in [5.74, 6) is 1.43. The Morgan fingerprint density at radius 3 is 2.63 bits per heavy atom. The molecule has 0 aliphatic heterocycles. The zero-order valence-corrected chi connectivity index (χ0v) is 12.8. The quantitative estimate of drug-likeness (QED) is 0.815. The molecule has 108 valence electrons. The van der Waals surface area contributed by atoms with Gasteiger partial charge < -0.3 is 4.42 Å². The highest BCUT2D eigenvalue weighted by Gasteiger charge is 2.18. The van der Waals surface area contributed by atoms with Crippen LogP contribution in [0.1, 0.15) is 45.3 Å². The lowest BCUT2D eigenvalue weighted by Gasteiger charge is -2.20. The van der Waals surface area contributed by atoms with Gasteiger partial charge in [-0.25, -0.2) is 18.1 Å². The summed E-state index contributed by atoms with van der Waals surface area (Å²) in [5.41, 5.74) is -0.426. The maximum Gasteiger partial charge on any atom is 0.218 e. The summed E-state index contributed by atoms with van der Waals surface area (Å²) in [6.45, 7) is 7.31. The van der Waals surface area contributed by atoms with Crippen LogP contribution in [-0.2, 0) is 10.0 Å². The van der Waals surface area contributed by atoms with Crippen molar-refractivity contribution in [3.8, 4) is 0 Å². The highest BCUT2D eigenvalue weighted by molar-refractivity contribution is 7.89. The molecule has 1 rings (SSSR count). The number of hydrogen-bond acceptors (Lipinski definition) is 4. The number of nitrogens with zero attached hydrogens (tertiary/aromatic N) is 1. The van der Waals surface area contributed by atoms with E-state index in [-0.39, 0.29) is 5.75 Å². The first-order valence-corrected chi connectivity index (χ1v) is 7.94. The van der Waals surface area contributed by atoms with E-state index in [1.165, 1.54) is 0 Å². The molecule has 0 bridgehead atoms. The second-order valence-corrected chi connectivity index (χ2v) is 7.37. The van der Waals surface area contributed by atoms with Gasteiger partial charge in [0.05, 0.1) is 11.9 Å². The van der Waals surface area contributed by atoms with Crippen LogP contribution in [0, 0.1) is 6.92 Å². The molecule has 6 heteroatoms. The SMILES string of the molecule is Cc1cnc(/C=C/CCCS(=O)(=O)NC(C)(C)C)o1. The molecule has 1 aromatic rings. The van der Waals surface area contributed by atoms with Crippen LogP contribution >= 0.6 is 0 Å². The Morgan fingerprint density at radius 2 is 2.11 bits per heavy atom. The van der Waals surface area contributed by atoms with E-state index in [0.29, 0.717) is 18.7 Å². The summed E-state index contributed by atoms with van der Waals surface area (Å²) in [4.78, 5) is 4.03. The minimum Gasteiger partial charge on any atom is -0.442 e. The summed E-state index contributed by atoms with van der Waals surface area (Å²) in [5, 5.41) is 0. The maximum atomic E-state index is 11.7. The molecule has 0 amide bonds. The van der Waals surface area contributed by atoms with E-state index in [0.717, 1.165) is 5.76 Å². The maximum absolute atomic E-state index is 11.7. The molecule has 19 heavy (non-hydrogen) atoms. The van der Waals surface area contributed by atoms with E-state index in [9.17, 15) is 8.42 Å². The number of sulfonamides is 1. The normalized spacial score (nSPS) is 13.3. The Labute approximate surface area is 115 Å². The van der Waals surface area contributed by atoms with Gasteiger partial charge in [0.15, 0.2) is 0 Å². The fraction of sp³-hybridized carbons (Fsp3) is 0.615. The van der Waals surface area contributed by atoms with E-state index in [1.807, 2.05) is 33.8 Å². The molecule has 1 heterocycles. The van der Waals surface area contributed by atoms with Crippen molar-refractivity contribution in [1.29, 1.82) is 0 Å². The standard InChI is InChI=1S/C13H22N2O3S/c1-11-10-14-12(18-11)8-6-5-7-9-19(16,17)15-13(2,3)4/h6,8,10,15H,5,7,9H2,1-4H3/b8-6+. The van der Waals surface area contributed by atoms with Crippen LogP contribution < -0.4 is 4.72 Å². The van der Waals surface area contributed by atoms with Gasteiger partial charge in [-0.3, -0.25) is 0 Å². The van der Waals surface area contributed by atoms with Crippen molar-refractivity contribution < 1.29 is 12.8 Å². The third kappa shape index (κ3) is 7.12. The van der Waals surface area contributed by atoms with Crippen molar-refractivity contribution in [2.75, 3.05) is 5.75 Å². The first-order valence-electron chi connectivity index (χ1n) is 6.29. The van der Waals surface area contributed by atoms with Gasteiger partial charge in [-0.15, -0.1) is 0 Å². The minimum absolute atomic E-state index is 0.124. The van der Waals surface area contributed by atoms with Gasteiger partial charge in [0.1, 0.15) is 5.76 Å². The zero-order chi connectivity index (χ0) is 14.5. The molecule has 0 atom stereocenters. The monoisotopic (exact) mass is 286 g/mol. The molecular weight excluding hydrogens is 264 g/mol. The molecular formula is C13H22N2O3S. The van der Waals surface area contributed by atoms with Crippen LogP contribution in [0.15, 0.2) is 16.7 Å². The number of nitrogens with one attached hydrogen (secondary N) is 1. The molecule has 0 aliphatic rings. The molecule has 0 aromatic carbocycles. The second kappa shape index (κ2) is 6.34. The molecule has 0 spiro atoms. The number of oxazole rings is 1. The lowest BCUT2D eigenvalue weighted by Crippen LogP contribution is -2.41. The minimum atomic E-state index is -3.20. The van der Waals surface area contributed by atoms with Crippen LogP contribution in [0.3, 0.4) is 0 Å². The van der Waals surface area contributed by atoms with Gasteiger partial charge in [0.2, 0.25) is 15.9 Å². The molecule has 0 radical (unpaired) electrons. The van der Waals surface area contributed by atoms with E-state index < -0.39 is 15.6 Å². The molecule has 0 saturated carbocycles. The topological polar surface area (TPSA) is 72.2 Å². The van der Waals surface area contributed by atoms with Crippen LogP contribution in [-0.4, -0.2) is 24.7 Å². The third-order valence-electron chi connectivity index (χ3n) is 2.15. The number of aryl methyl sites for hydroxylation is 1. The largest absolute Gasteiger partial charge is 0.442 e. The van der Waals surface area contributed by atoms with Gasteiger partial charge in [-0.2, -0.15) is 0 Å². The summed E-state index contributed by atoms with van der Waals surface area (Å²) < 4.78 is 31.3. The fourth-order valence-electron chi connectivity index (χ4n) is 1.54. The Balaban J connectivity index is 2.33. The van der Waals surface area contributed by atoms with Crippen LogP contribution in [0.2, 0.25) is 0 Å². The average molecular weight is 286 g/mol. The number of allylic oxidation sites excluding steroid dienone is 1. The first kappa shape index (κ1) is 15.9. The second-order valence-electron chi connectivity index (χ2n) is 5.52. The predicted octanol–water partition coefficient (Wildman–Crippen LogP) is 2.49. The summed E-state index contributed by atoms with van der Waals surface area (Å²) in [7, 11) is -3.20. The molecule has 1 aromatic heterocycles. The predicted molar refractivity (Wildman–Crippen MR) is 76.2 cm³/mol. The average Bonchev–Trinajstić information content (AvgIpc) is 2.59. The van der Waals surface area contributed by atoms with Crippen LogP contribution in [0.25, 0.3) is 6.08 Å². The van der Waals surface area contributed by atoms with E-state index in [4.69, 9.17) is 4.42 Å².